The predicted octanol–water partition coefficient (Wildman–Crippen LogP) is 2.84. The maximum absolute atomic E-state index is 5.99. The van der Waals surface area contributed by atoms with Crippen molar-refractivity contribution in [2.75, 3.05) is 18.6 Å². The molecule has 0 aliphatic carbocycles. The molecule has 17 heavy (non-hydrogen) atoms. The molecule has 0 aromatic heterocycles. The lowest BCUT2D eigenvalue weighted by molar-refractivity contribution is 0.416. The second-order valence-electron chi connectivity index (χ2n) is 4.05. The third kappa shape index (κ3) is 2.18. The van der Waals surface area contributed by atoms with Gasteiger partial charge in [-0.1, -0.05) is 17.7 Å². The lowest BCUT2D eigenvalue weighted by Gasteiger charge is -2.12. The Labute approximate surface area is 101 Å². The molecule has 2 rings (SSSR count). The first kappa shape index (κ1) is 11.3. The van der Waals surface area contributed by atoms with Gasteiger partial charge in [0.15, 0.2) is 0 Å². The molecule has 2 aromatic rings. The molecule has 0 aliphatic heterocycles. The number of anilines is 2. The monoisotopic (exact) mass is 228 g/mol. The standard InChI is InChI=1S/C14H16N2O/c1-9-3-6-14(17-2)12(7-9)11-5-4-10(15)8-13(11)16/h3-8H,15-16H2,1-2H3. The van der Waals surface area contributed by atoms with E-state index in [0.29, 0.717) is 11.4 Å². The van der Waals surface area contributed by atoms with Gasteiger partial charge in [-0.3, -0.25) is 0 Å². The summed E-state index contributed by atoms with van der Waals surface area (Å²) in [5.74, 6) is 0.812. The minimum Gasteiger partial charge on any atom is -0.496 e. The van der Waals surface area contributed by atoms with Crippen LogP contribution < -0.4 is 16.2 Å². The molecular formula is C14H16N2O. The molecule has 0 saturated heterocycles. The van der Waals surface area contributed by atoms with Gasteiger partial charge in [-0.15, -0.1) is 0 Å². The topological polar surface area (TPSA) is 61.3 Å². The molecule has 0 amide bonds. The van der Waals surface area contributed by atoms with Crippen molar-refractivity contribution in [3.05, 3.63) is 42.0 Å². The number of hydrogen-bond acceptors (Lipinski definition) is 3. The van der Waals surface area contributed by atoms with Crippen molar-refractivity contribution in [3.63, 3.8) is 0 Å². The zero-order chi connectivity index (χ0) is 12.4. The van der Waals surface area contributed by atoms with Crippen LogP contribution >= 0.6 is 0 Å². The van der Waals surface area contributed by atoms with Gasteiger partial charge in [-0.25, -0.2) is 0 Å². The van der Waals surface area contributed by atoms with Gasteiger partial charge in [0.1, 0.15) is 5.75 Å². The van der Waals surface area contributed by atoms with Crippen LogP contribution in [0.3, 0.4) is 0 Å². The number of benzene rings is 2. The Kier molecular flexibility index (Phi) is 2.91. The first-order chi connectivity index (χ1) is 8.11. The molecule has 0 fully saturated rings. The fourth-order valence-electron chi connectivity index (χ4n) is 1.86. The average Bonchev–Trinajstić information content (AvgIpc) is 2.29. The Bertz CT molecular complexity index is 550. The molecule has 3 heteroatoms. The molecule has 2 aromatic carbocycles. The van der Waals surface area contributed by atoms with Crippen LogP contribution in [-0.2, 0) is 0 Å². The summed E-state index contributed by atoms with van der Waals surface area (Å²) in [5, 5.41) is 0. The van der Waals surface area contributed by atoms with Gasteiger partial charge in [0.25, 0.3) is 0 Å². The van der Waals surface area contributed by atoms with Crippen LogP contribution in [0.1, 0.15) is 5.56 Å². The minimum absolute atomic E-state index is 0.661. The molecule has 0 atom stereocenters. The van der Waals surface area contributed by atoms with Crippen molar-refractivity contribution in [2.24, 2.45) is 0 Å². The number of ether oxygens (including phenoxy) is 1. The van der Waals surface area contributed by atoms with Gasteiger partial charge in [0.2, 0.25) is 0 Å². The molecule has 0 aliphatic rings. The van der Waals surface area contributed by atoms with Crippen molar-refractivity contribution in [3.8, 4) is 16.9 Å². The van der Waals surface area contributed by atoms with Gasteiger partial charge in [-0.2, -0.15) is 0 Å². The third-order valence-electron chi connectivity index (χ3n) is 2.72. The van der Waals surface area contributed by atoms with E-state index in [9.17, 15) is 0 Å². The van der Waals surface area contributed by atoms with Crippen molar-refractivity contribution < 1.29 is 4.74 Å². The number of methoxy groups -OCH3 is 1. The molecule has 0 radical (unpaired) electrons. The van der Waals surface area contributed by atoms with E-state index < -0.39 is 0 Å². The molecule has 0 heterocycles. The summed E-state index contributed by atoms with van der Waals surface area (Å²) in [5.41, 5.74) is 16.1. The normalized spacial score (nSPS) is 10.2. The highest BCUT2D eigenvalue weighted by atomic mass is 16.5. The highest BCUT2D eigenvalue weighted by Gasteiger charge is 2.09. The molecule has 0 saturated carbocycles. The second-order valence-corrected chi connectivity index (χ2v) is 4.05. The Hall–Kier alpha value is -2.16. The Morgan fingerprint density at radius 2 is 1.71 bits per heavy atom. The number of nitrogen functional groups attached to an aromatic ring is 2. The smallest absolute Gasteiger partial charge is 0.126 e. The van der Waals surface area contributed by atoms with Gasteiger partial charge >= 0.3 is 0 Å². The molecule has 88 valence electrons. The summed E-state index contributed by atoms with van der Waals surface area (Å²) in [6.07, 6.45) is 0. The fraction of sp³-hybridized carbons (Fsp3) is 0.143. The lowest BCUT2D eigenvalue weighted by atomic mass is 10.0. The first-order valence-corrected chi connectivity index (χ1v) is 5.42. The average molecular weight is 228 g/mol. The van der Waals surface area contributed by atoms with Crippen molar-refractivity contribution in [1.82, 2.24) is 0 Å². The number of hydrogen-bond donors (Lipinski definition) is 2. The van der Waals surface area contributed by atoms with Crippen LogP contribution in [0.4, 0.5) is 11.4 Å². The van der Waals surface area contributed by atoms with Crippen LogP contribution in [0.25, 0.3) is 11.1 Å². The second kappa shape index (κ2) is 4.37. The highest BCUT2D eigenvalue weighted by molar-refractivity contribution is 5.82. The highest BCUT2D eigenvalue weighted by Crippen LogP contribution is 2.35. The van der Waals surface area contributed by atoms with E-state index in [1.54, 1.807) is 13.2 Å². The quantitative estimate of drug-likeness (QED) is 0.777. The number of rotatable bonds is 2. The summed E-state index contributed by atoms with van der Waals surface area (Å²) in [4.78, 5) is 0. The summed E-state index contributed by atoms with van der Waals surface area (Å²) in [6, 6.07) is 11.5. The van der Waals surface area contributed by atoms with Crippen molar-refractivity contribution >= 4 is 11.4 Å². The molecule has 0 spiro atoms. The summed E-state index contributed by atoms with van der Waals surface area (Å²) in [7, 11) is 1.65. The zero-order valence-electron chi connectivity index (χ0n) is 10.0. The van der Waals surface area contributed by atoms with Crippen LogP contribution in [-0.4, -0.2) is 7.11 Å². The van der Waals surface area contributed by atoms with Gasteiger partial charge in [-0.05, 0) is 31.2 Å². The summed E-state index contributed by atoms with van der Waals surface area (Å²) in [6.45, 7) is 2.04. The SMILES string of the molecule is COc1ccc(C)cc1-c1ccc(N)cc1N. The zero-order valence-corrected chi connectivity index (χ0v) is 10.0. The Balaban J connectivity index is 2.62. The summed E-state index contributed by atoms with van der Waals surface area (Å²) < 4.78 is 5.35. The minimum atomic E-state index is 0.661. The molecular weight excluding hydrogens is 212 g/mol. The first-order valence-electron chi connectivity index (χ1n) is 5.42. The van der Waals surface area contributed by atoms with Crippen LogP contribution in [0.5, 0.6) is 5.75 Å². The van der Waals surface area contributed by atoms with Crippen molar-refractivity contribution in [2.45, 2.75) is 6.92 Å². The number of aryl methyl sites for hydroxylation is 1. The van der Waals surface area contributed by atoms with E-state index >= 15 is 0 Å². The van der Waals surface area contributed by atoms with E-state index in [-0.39, 0.29) is 0 Å². The largest absolute Gasteiger partial charge is 0.496 e. The number of nitrogens with two attached hydrogens (primary N) is 2. The lowest BCUT2D eigenvalue weighted by Crippen LogP contribution is -1.95. The third-order valence-corrected chi connectivity index (χ3v) is 2.72. The maximum Gasteiger partial charge on any atom is 0.126 e. The predicted molar refractivity (Wildman–Crippen MR) is 72.0 cm³/mol. The Morgan fingerprint density at radius 1 is 0.941 bits per heavy atom. The van der Waals surface area contributed by atoms with E-state index in [2.05, 4.69) is 6.07 Å². The molecule has 0 unspecified atom stereocenters. The van der Waals surface area contributed by atoms with Crippen molar-refractivity contribution in [1.29, 1.82) is 0 Å². The van der Waals surface area contributed by atoms with Gasteiger partial charge in [0.05, 0.1) is 7.11 Å². The van der Waals surface area contributed by atoms with Gasteiger partial charge in [0, 0.05) is 22.5 Å². The molecule has 0 bridgehead atoms. The Morgan fingerprint density at radius 3 is 2.35 bits per heavy atom. The maximum atomic E-state index is 5.99. The van der Waals surface area contributed by atoms with E-state index in [4.69, 9.17) is 16.2 Å². The van der Waals surface area contributed by atoms with Crippen LogP contribution in [0.2, 0.25) is 0 Å². The fourth-order valence-corrected chi connectivity index (χ4v) is 1.86. The van der Waals surface area contributed by atoms with E-state index in [0.717, 1.165) is 22.4 Å². The van der Waals surface area contributed by atoms with Crippen LogP contribution in [0, 0.1) is 6.92 Å². The van der Waals surface area contributed by atoms with Crippen LogP contribution in [0.15, 0.2) is 36.4 Å². The molecule has 4 N–H and O–H groups in total. The van der Waals surface area contributed by atoms with E-state index in [1.807, 2.05) is 31.2 Å². The van der Waals surface area contributed by atoms with Gasteiger partial charge < -0.3 is 16.2 Å². The van der Waals surface area contributed by atoms with E-state index in [1.165, 1.54) is 0 Å². The summed E-state index contributed by atoms with van der Waals surface area (Å²) >= 11 is 0. The molecule has 3 nitrogen and oxygen atoms in total.